The average molecular weight is 357 g/mol. The van der Waals surface area contributed by atoms with Crippen molar-refractivity contribution in [1.82, 2.24) is 4.90 Å². The number of aliphatic carboxylic acids is 1. The first-order valence-electron chi connectivity index (χ1n) is 9.35. The van der Waals surface area contributed by atoms with E-state index in [1.165, 1.54) is 10.8 Å². The molecule has 1 heterocycles. The first-order valence-corrected chi connectivity index (χ1v) is 9.35. The molecule has 2 aromatic carbocycles. The van der Waals surface area contributed by atoms with E-state index in [4.69, 9.17) is 9.47 Å². The highest BCUT2D eigenvalue weighted by Gasteiger charge is 2.26. The summed E-state index contributed by atoms with van der Waals surface area (Å²) in [5, 5.41) is 11.7. The number of hydrogen-bond donors (Lipinski definition) is 1. The molecule has 0 bridgehead atoms. The van der Waals surface area contributed by atoms with Crippen molar-refractivity contribution in [2.24, 2.45) is 5.92 Å². The van der Waals surface area contributed by atoms with Crippen LogP contribution in [0.3, 0.4) is 0 Å². The van der Waals surface area contributed by atoms with Crippen molar-refractivity contribution in [1.29, 1.82) is 0 Å². The van der Waals surface area contributed by atoms with E-state index < -0.39 is 5.97 Å². The summed E-state index contributed by atoms with van der Waals surface area (Å²) in [6, 6.07) is 12.4. The minimum absolute atomic E-state index is 0.277. The number of hydrogen-bond acceptors (Lipinski definition) is 4. The molecule has 0 saturated carbocycles. The van der Waals surface area contributed by atoms with Gasteiger partial charge in [0.1, 0.15) is 12.4 Å². The molecule has 1 saturated heterocycles. The lowest BCUT2D eigenvalue weighted by Crippen LogP contribution is -2.38. The molecule has 5 nitrogen and oxygen atoms in total. The van der Waals surface area contributed by atoms with E-state index in [1.807, 2.05) is 25.1 Å². The van der Waals surface area contributed by atoms with Gasteiger partial charge in [-0.15, -0.1) is 0 Å². The van der Waals surface area contributed by atoms with Crippen LogP contribution < -0.4 is 4.74 Å². The minimum atomic E-state index is -0.694. The van der Waals surface area contributed by atoms with Gasteiger partial charge >= 0.3 is 5.97 Å². The zero-order valence-electron chi connectivity index (χ0n) is 15.3. The molecule has 0 radical (unpaired) electrons. The second-order valence-corrected chi connectivity index (χ2v) is 6.72. The number of likely N-dealkylation sites (tertiary alicyclic amines) is 1. The number of rotatable bonds is 8. The van der Waals surface area contributed by atoms with Crippen LogP contribution in [0.15, 0.2) is 36.4 Å². The van der Waals surface area contributed by atoms with Crippen LogP contribution in [-0.4, -0.2) is 48.9 Å². The van der Waals surface area contributed by atoms with Gasteiger partial charge in [0.05, 0.1) is 12.5 Å². The van der Waals surface area contributed by atoms with Crippen molar-refractivity contribution in [3.63, 3.8) is 0 Å². The third-order valence-corrected chi connectivity index (χ3v) is 4.92. The molecule has 1 N–H and O–H groups in total. The summed E-state index contributed by atoms with van der Waals surface area (Å²) in [4.78, 5) is 13.6. The van der Waals surface area contributed by atoms with Crippen molar-refractivity contribution >= 4 is 16.7 Å². The van der Waals surface area contributed by atoms with Gasteiger partial charge < -0.3 is 14.6 Å². The average Bonchev–Trinajstić information content (AvgIpc) is 2.67. The summed E-state index contributed by atoms with van der Waals surface area (Å²) in [5.41, 5.74) is 1.13. The van der Waals surface area contributed by atoms with Crippen molar-refractivity contribution in [2.45, 2.75) is 26.3 Å². The maximum atomic E-state index is 11.4. The molecule has 3 rings (SSSR count). The molecule has 1 unspecified atom stereocenters. The van der Waals surface area contributed by atoms with Crippen molar-refractivity contribution in [3.05, 3.63) is 42.0 Å². The molecule has 0 aliphatic carbocycles. The van der Waals surface area contributed by atoms with Crippen LogP contribution >= 0.6 is 0 Å². The van der Waals surface area contributed by atoms with E-state index in [-0.39, 0.29) is 5.92 Å². The van der Waals surface area contributed by atoms with E-state index in [0.717, 1.165) is 30.7 Å². The highest BCUT2D eigenvalue weighted by atomic mass is 16.5. The third kappa shape index (κ3) is 4.54. The fourth-order valence-electron chi connectivity index (χ4n) is 3.59. The zero-order chi connectivity index (χ0) is 18.4. The predicted octanol–water partition coefficient (Wildman–Crippen LogP) is 3.55. The molecule has 1 aliphatic rings. The summed E-state index contributed by atoms with van der Waals surface area (Å²) in [7, 11) is 0. The summed E-state index contributed by atoms with van der Waals surface area (Å²) in [6.07, 6.45) is 1.68. The Morgan fingerprint density at radius 2 is 2.08 bits per heavy atom. The second-order valence-electron chi connectivity index (χ2n) is 6.72. The van der Waals surface area contributed by atoms with Crippen LogP contribution in [0.4, 0.5) is 0 Å². The third-order valence-electron chi connectivity index (χ3n) is 4.92. The van der Waals surface area contributed by atoms with Gasteiger partial charge in [-0.05, 0) is 43.1 Å². The van der Waals surface area contributed by atoms with Gasteiger partial charge in [-0.2, -0.15) is 0 Å². The largest absolute Gasteiger partial charge is 0.491 e. The number of piperidine rings is 1. The Labute approximate surface area is 154 Å². The molecule has 0 aromatic heterocycles. The Bertz CT molecular complexity index is 746. The van der Waals surface area contributed by atoms with Crippen LogP contribution in [0.2, 0.25) is 0 Å². The quantitative estimate of drug-likeness (QED) is 0.732. The molecule has 5 heteroatoms. The Hall–Kier alpha value is -2.11. The normalized spacial score (nSPS) is 18.1. The highest BCUT2D eigenvalue weighted by molar-refractivity contribution is 5.87. The molecular formula is C21H27NO4. The fourth-order valence-corrected chi connectivity index (χ4v) is 3.59. The number of carbonyl (C=O) groups is 1. The standard InChI is InChI=1S/C21H27NO4/c1-2-25-12-13-26-20-10-9-16-6-3-4-8-18(16)19(20)15-22-11-5-7-17(14-22)21(23)24/h3-4,6,8-10,17H,2,5,7,11-15H2,1H3,(H,23,24). The minimum Gasteiger partial charge on any atom is -0.491 e. The van der Waals surface area contributed by atoms with Crippen LogP contribution in [-0.2, 0) is 16.1 Å². The fraction of sp³-hybridized carbons (Fsp3) is 0.476. The molecule has 0 spiro atoms. The van der Waals surface area contributed by atoms with Gasteiger partial charge in [-0.3, -0.25) is 9.69 Å². The molecule has 140 valence electrons. The molecular weight excluding hydrogens is 330 g/mol. The summed E-state index contributed by atoms with van der Waals surface area (Å²) in [6.45, 7) is 5.94. The smallest absolute Gasteiger partial charge is 0.307 e. The molecule has 2 aromatic rings. The molecule has 1 atom stereocenters. The Morgan fingerprint density at radius 3 is 2.88 bits per heavy atom. The number of carboxylic acid groups (broad SMARTS) is 1. The van der Waals surface area contributed by atoms with Crippen LogP contribution in [0, 0.1) is 5.92 Å². The number of carboxylic acids is 1. The van der Waals surface area contributed by atoms with E-state index in [1.54, 1.807) is 0 Å². The van der Waals surface area contributed by atoms with Gasteiger partial charge in [0, 0.05) is 25.3 Å². The molecule has 0 amide bonds. The molecule has 1 aliphatic heterocycles. The lowest BCUT2D eigenvalue weighted by atomic mass is 9.96. The van der Waals surface area contributed by atoms with Crippen molar-refractivity contribution in [2.75, 3.05) is 32.9 Å². The number of nitrogens with zero attached hydrogens (tertiary/aromatic N) is 1. The summed E-state index contributed by atoms with van der Waals surface area (Å²) in [5.74, 6) is -0.109. The van der Waals surface area contributed by atoms with E-state index >= 15 is 0 Å². The zero-order valence-corrected chi connectivity index (χ0v) is 15.3. The summed E-state index contributed by atoms with van der Waals surface area (Å²) < 4.78 is 11.4. The Balaban J connectivity index is 1.82. The maximum absolute atomic E-state index is 11.4. The van der Waals surface area contributed by atoms with Gasteiger partial charge in [-0.25, -0.2) is 0 Å². The highest BCUT2D eigenvalue weighted by Crippen LogP contribution is 2.31. The number of fused-ring (bicyclic) bond motifs is 1. The van der Waals surface area contributed by atoms with Crippen LogP contribution in [0.1, 0.15) is 25.3 Å². The Kier molecular flexibility index (Phi) is 6.47. The van der Waals surface area contributed by atoms with Gasteiger partial charge in [0.2, 0.25) is 0 Å². The first kappa shape index (κ1) is 18.7. The van der Waals surface area contributed by atoms with E-state index in [0.29, 0.717) is 32.9 Å². The SMILES string of the molecule is CCOCCOc1ccc2ccccc2c1CN1CCCC(C(=O)O)C1. The lowest BCUT2D eigenvalue weighted by Gasteiger charge is -2.31. The molecule has 1 fully saturated rings. The van der Waals surface area contributed by atoms with E-state index in [9.17, 15) is 9.90 Å². The first-order chi connectivity index (χ1) is 12.7. The van der Waals surface area contributed by atoms with Crippen molar-refractivity contribution in [3.8, 4) is 5.75 Å². The monoisotopic (exact) mass is 357 g/mol. The predicted molar refractivity (Wildman–Crippen MR) is 102 cm³/mol. The lowest BCUT2D eigenvalue weighted by molar-refractivity contribution is -0.143. The summed E-state index contributed by atoms with van der Waals surface area (Å²) >= 11 is 0. The maximum Gasteiger partial charge on any atom is 0.307 e. The topological polar surface area (TPSA) is 59.0 Å². The van der Waals surface area contributed by atoms with Gasteiger partial charge in [0.15, 0.2) is 0 Å². The second kappa shape index (κ2) is 9.01. The molecule has 26 heavy (non-hydrogen) atoms. The van der Waals surface area contributed by atoms with Gasteiger partial charge in [-0.1, -0.05) is 30.3 Å². The van der Waals surface area contributed by atoms with E-state index in [2.05, 4.69) is 23.1 Å². The van der Waals surface area contributed by atoms with Crippen LogP contribution in [0.25, 0.3) is 10.8 Å². The number of benzene rings is 2. The number of ether oxygens (including phenoxy) is 2. The van der Waals surface area contributed by atoms with Crippen LogP contribution in [0.5, 0.6) is 5.75 Å². The van der Waals surface area contributed by atoms with Gasteiger partial charge in [0.25, 0.3) is 0 Å². The Morgan fingerprint density at radius 1 is 1.23 bits per heavy atom. The van der Waals surface area contributed by atoms with Crippen molar-refractivity contribution < 1.29 is 19.4 Å².